The van der Waals surface area contributed by atoms with Gasteiger partial charge in [-0.25, -0.2) is 4.98 Å². The molecular formula is C22H22N6O3. The third kappa shape index (κ3) is 3.34. The van der Waals surface area contributed by atoms with Crippen LogP contribution < -0.4 is 14.8 Å². The first-order valence-electron chi connectivity index (χ1n) is 10.5. The lowest BCUT2D eigenvalue weighted by Gasteiger charge is -2.31. The van der Waals surface area contributed by atoms with Crippen molar-refractivity contribution in [1.82, 2.24) is 30.5 Å². The zero-order chi connectivity index (χ0) is 20.9. The molecule has 31 heavy (non-hydrogen) atoms. The molecule has 1 saturated carbocycles. The number of phenolic OH excluding ortho intramolecular Hbond substituents is 1. The zero-order valence-corrected chi connectivity index (χ0v) is 17.0. The quantitative estimate of drug-likeness (QED) is 0.643. The molecule has 0 spiro atoms. The first-order chi connectivity index (χ1) is 15.2. The van der Waals surface area contributed by atoms with Crippen molar-refractivity contribution in [1.29, 1.82) is 0 Å². The fourth-order valence-electron chi connectivity index (χ4n) is 5.03. The number of ether oxygens (including phenoxy) is 2. The normalized spacial score (nSPS) is 28.1. The second-order valence-electron chi connectivity index (χ2n) is 8.44. The molecule has 1 aromatic carbocycles. The number of nitrogens with zero attached hydrogens (tertiary/aromatic N) is 5. The molecule has 2 aromatic heterocycles. The first-order valence-corrected chi connectivity index (χ1v) is 10.5. The number of hydrogen-bond donors (Lipinski definition) is 2. The van der Waals surface area contributed by atoms with Crippen molar-refractivity contribution in [2.24, 2.45) is 11.8 Å². The van der Waals surface area contributed by atoms with Crippen LogP contribution in [0.2, 0.25) is 0 Å². The van der Waals surface area contributed by atoms with E-state index < -0.39 is 0 Å². The van der Waals surface area contributed by atoms with Crippen LogP contribution in [0.4, 0.5) is 0 Å². The average Bonchev–Trinajstić information content (AvgIpc) is 3.56. The maximum Gasteiger partial charge on any atom is 0.319 e. The summed E-state index contributed by atoms with van der Waals surface area (Å²) in [5.74, 6) is 2.72. The Bertz CT molecular complexity index is 1110. The lowest BCUT2D eigenvalue weighted by Crippen LogP contribution is -2.45. The van der Waals surface area contributed by atoms with Crippen LogP contribution in [-0.4, -0.2) is 55.6 Å². The summed E-state index contributed by atoms with van der Waals surface area (Å²) in [5, 5.41) is 22.8. The maximum absolute atomic E-state index is 10.5. The minimum absolute atomic E-state index is 0.0639. The van der Waals surface area contributed by atoms with Crippen molar-refractivity contribution in [2.75, 3.05) is 7.11 Å². The van der Waals surface area contributed by atoms with E-state index in [9.17, 15) is 5.11 Å². The van der Waals surface area contributed by atoms with Gasteiger partial charge in [-0.2, -0.15) is 9.97 Å². The minimum atomic E-state index is 0.0639. The van der Waals surface area contributed by atoms with Crippen LogP contribution >= 0.6 is 0 Å². The summed E-state index contributed by atoms with van der Waals surface area (Å²) in [6.07, 6.45) is 5.00. The van der Waals surface area contributed by atoms with Crippen molar-refractivity contribution in [3.05, 3.63) is 36.7 Å². The summed E-state index contributed by atoms with van der Waals surface area (Å²) >= 11 is 0. The van der Waals surface area contributed by atoms with E-state index in [1.807, 2.05) is 18.2 Å². The molecule has 2 bridgehead atoms. The number of rotatable bonds is 5. The van der Waals surface area contributed by atoms with Gasteiger partial charge in [0.05, 0.1) is 12.8 Å². The molecule has 6 rings (SSSR count). The maximum atomic E-state index is 10.5. The van der Waals surface area contributed by atoms with Crippen molar-refractivity contribution in [2.45, 2.75) is 37.5 Å². The summed E-state index contributed by atoms with van der Waals surface area (Å²) < 4.78 is 11.1. The predicted octanol–water partition coefficient (Wildman–Crippen LogP) is 2.23. The van der Waals surface area contributed by atoms with E-state index in [0.717, 1.165) is 24.7 Å². The van der Waals surface area contributed by atoms with E-state index in [1.165, 1.54) is 19.9 Å². The molecule has 9 heteroatoms. The summed E-state index contributed by atoms with van der Waals surface area (Å²) in [7, 11) is 1.49. The molecule has 2 N–H and O–H groups in total. The number of phenols is 1. The van der Waals surface area contributed by atoms with E-state index in [2.05, 4.69) is 30.5 Å². The number of methoxy groups -OCH3 is 1. The summed E-state index contributed by atoms with van der Waals surface area (Å²) in [6.45, 7) is 0. The van der Waals surface area contributed by atoms with Crippen LogP contribution in [0.25, 0.3) is 22.6 Å². The third-order valence-corrected chi connectivity index (χ3v) is 6.58. The van der Waals surface area contributed by atoms with Crippen LogP contribution in [0.3, 0.4) is 0 Å². The number of nitrogens with one attached hydrogen (secondary N) is 1. The smallest absolute Gasteiger partial charge is 0.319 e. The Morgan fingerprint density at radius 1 is 1.00 bits per heavy atom. The Kier molecular flexibility index (Phi) is 4.24. The number of aromatic hydroxyl groups is 1. The van der Waals surface area contributed by atoms with Gasteiger partial charge in [-0.05, 0) is 36.5 Å². The third-order valence-electron chi connectivity index (χ3n) is 6.58. The molecule has 0 amide bonds. The standard InChI is InChI=1S/C22H22N6O3/c1-30-22-24-10-23-21(26-22)11-2-3-13(19(29)6-11)16-4-5-20(28-27-16)31-12-7-17-14-9-15(14)18(8-12)25-17/h2-6,10,12,14-15,17-18,25,29H,7-9H2,1H3/t12-,14-,15+,17?,18?. The van der Waals surface area contributed by atoms with Gasteiger partial charge in [0.15, 0.2) is 5.82 Å². The largest absolute Gasteiger partial charge is 0.507 e. The molecule has 3 aromatic rings. The van der Waals surface area contributed by atoms with E-state index in [-0.39, 0.29) is 17.9 Å². The SMILES string of the molecule is COc1ncnc(-c2ccc(-c3ccc(O[C@H]4CC5NC(C4)[C@@H]4C[C@H]54)nn3)c(O)c2)n1. The van der Waals surface area contributed by atoms with Gasteiger partial charge >= 0.3 is 6.01 Å². The van der Waals surface area contributed by atoms with E-state index in [0.29, 0.717) is 40.6 Å². The number of benzene rings is 1. The topological polar surface area (TPSA) is 115 Å². The molecule has 5 atom stereocenters. The number of aromatic nitrogens is 5. The molecule has 4 heterocycles. The molecule has 2 saturated heterocycles. The zero-order valence-electron chi connectivity index (χ0n) is 17.0. The van der Waals surface area contributed by atoms with Crippen molar-refractivity contribution in [3.63, 3.8) is 0 Å². The van der Waals surface area contributed by atoms with Crippen molar-refractivity contribution >= 4 is 0 Å². The molecule has 3 aliphatic rings. The van der Waals surface area contributed by atoms with E-state index in [1.54, 1.807) is 12.1 Å². The molecule has 2 aliphatic heterocycles. The number of piperidine rings is 2. The van der Waals surface area contributed by atoms with Crippen LogP contribution in [0.15, 0.2) is 36.7 Å². The van der Waals surface area contributed by atoms with Crippen LogP contribution in [0.5, 0.6) is 17.6 Å². The van der Waals surface area contributed by atoms with Crippen LogP contribution in [-0.2, 0) is 0 Å². The Labute approximate surface area is 178 Å². The molecule has 158 valence electrons. The highest BCUT2D eigenvalue weighted by molar-refractivity contribution is 5.71. The fraction of sp³-hybridized carbons (Fsp3) is 0.409. The minimum Gasteiger partial charge on any atom is -0.507 e. The fourth-order valence-corrected chi connectivity index (χ4v) is 5.03. The summed E-state index contributed by atoms with van der Waals surface area (Å²) in [4.78, 5) is 12.2. The number of fused-ring (bicyclic) bond motifs is 5. The Hall–Kier alpha value is -3.33. The molecule has 3 fully saturated rings. The van der Waals surface area contributed by atoms with Crippen LogP contribution in [0, 0.1) is 11.8 Å². The Balaban J connectivity index is 1.17. The van der Waals surface area contributed by atoms with Gasteiger partial charge < -0.3 is 19.9 Å². The van der Waals surface area contributed by atoms with Gasteiger partial charge in [-0.3, -0.25) is 0 Å². The second-order valence-corrected chi connectivity index (χ2v) is 8.44. The lowest BCUT2D eigenvalue weighted by atomic mass is 9.98. The Morgan fingerprint density at radius 2 is 1.84 bits per heavy atom. The molecule has 1 aliphatic carbocycles. The van der Waals surface area contributed by atoms with Crippen LogP contribution in [0.1, 0.15) is 19.3 Å². The van der Waals surface area contributed by atoms with Gasteiger partial charge in [0.2, 0.25) is 5.88 Å². The van der Waals surface area contributed by atoms with E-state index in [4.69, 9.17) is 9.47 Å². The average molecular weight is 418 g/mol. The van der Waals surface area contributed by atoms with Crippen molar-refractivity contribution in [3.8, 4) is 40.3 Å². The van der Waals surface area contributed by atoms with E-state index >= 15 is 0 Å². The number of hydrogen-bond acceptors (Lipinski definition) is 9. The van der Waals surface area contributed by atoms with Gasteiger partial charge in [0.25, 0.3) is 0 Å². The lowest BCUT2D eigenvalue weighted by molar-refractivity contribution is 0.119. The van der Waals surface area contributed by atoms with Gasteiger partial charge in [-0.1, -0.05) is 6.07 Å². The van der Waals surface area contributed by atoms with Gasteiger partial charge in [-0.15, -0.1) is 10.2 Å². The van der Waals surface area contributed by atoms with Gasteiger partial charge in [0.1, 0.15) is 18.2 Å². The summed E-state index contributed by atoms with van der Waals surface area (Å²) in [5.41, 5.74) is 1.79. The Morgan fingerprint density at radius 3 is 2.55 bits per heavy atom. The highest BCUT2D eigenvalue weighted by atomic mass is 16.5. The van der Waals surface area contributed by atoms with Gasteiger partial charge in [0, 0.05) is 42.1 Å². The molecular weight excluding hydrogens is 396 g/mol. The second kappa shape index (κ2) is 7.12. The monoisotopic (exact) mass is 418 g/mol. The molecule has 2 unspecified atom stereocenters. The van der Waals surface area contributed by atoms with Crippen molar-refractivity contribution < 1.29 is 14.6 Å². The highest BCUT2D eigenvalue weighted by Gasteiger charge is 2.57. The molecule has 9 nitrogen and oxygen atoms in total. The summed E-state index contributed by atoms with van der Waals surface area (Å²) in [6, 6.07) is 10.2. The first kappa shape index (κ1) is 18.4. The predicted molar refractivity (Wildman–Crippen MR) is 110 cm³/mol. The highest BCUT2D eigenvalue weighted by Crippen LogP contribution is 2.53. The molecule has 0 radical (unpaired) electrons.